The van der Waals surface area contributed by atoms with Gasteiger partial charge in [0.2, 0.25) is 5.91 Å². The Balaban J connectivity index is 5.03. The Kier molecular flexibility index (Phi) is 68.4. The fraction of sp³-hybridized carbons (Fsp3) is 0.735. The van der Waals surface area contributed by atoms with Crippen molar-refractivity contribution >= 4 is 19.7 Å². The molecule has 1 amide bonds. The third-order valence-corrected chi connectivity index (χ3v) is 17.9. The minimum Gasteiger partial charge on any atom is -0.456 e. The first-order chi connectivity index (χ1) is 45.4. The average molecular weight is 1320 g/mol. The number of carbonyl (C=O) groups excluding carboxylic acids is 2. The van der Waals surface area contributed by atoms with E-state index in [1.807, 2.05) is 33.3 Å². The number of likely N-dealkylation sites (N-methyl/N-ethyl adjacent to an activating group) is 1. The molecule has 0 rings (SSSR count). The Morgan fingerprint density at radius 1 is 0.387 bits per heavy atom. The first kappa shape index (κ1) is 89.4. The SMILES string of the molecule is CC/C=C\C/C=C\C/C=C\C/C=C\C/C=C\C/C=C\CCCCCCCCCCC(=O)NC(COP(=O)(O)OCC[N+](C)(C)C)C(/C=C/CCCCCCCCCCCCC)OC(=O)CCCCCCCCCCCCCCCC/C=C\C/C=C\C/C=C\CCCCC. The first-order valence-electron chi connectivity index (χ1n) is 38.9. The molecule has 10 heteroatoms. The Morgan fingerprint density at radius 2 is 0.688 bits per heavy atom. The van der Waals surface area contributed by atoms with Crippen molar-refractivity contribution in [1.29, 1.82) is 0 Å². The van der Waals surface area contributed by atoms with Crippen molar-refractivity contribution in [2.45, 2.75) is 354 Å². The number of esters is 1. The molecule has 536 valence electrons. The van der Waals surface area contributed by atoms with Gasteiger partial charge in [0.1, 0.15) is 19.3 Å². The summed E-state index contributed by atoms with van der Waals surface area (Å²) in [5, 5.41) is 3.08. The van der Waals surface area contributed by atoms with E-state index < -0.39 is 20.0 Å². The van der Waals surface area contributed by atoms with Gasteiger partial charge in [-0.25, -0.2) is 4.57 Å². The predicted molar refractivity (Wildman–Crippen MR) is 406 cm³/mol. The molecule has 0 aliphatic heterocycles. The van der Waals surface area contributed by atoms with E-state index in [2.05, 4.69) is 135 Å². The van der Waals surface area contributed by atoms with Crippen LogP contribution in [-0.4, -0.2) is 74.3 Å². The van der Waals surface area contributed by atoms with Crippen LogP contribution in [0.1, 0.15) is 342 Å². The lowest BCUT2D eigenvalue weighted by Gasteiger charge is -2.27. The third-order valence-electron chi connectivity index (χ3n) is 16.9. The highest BCUT2D eigenvalue weighted by Crippen LogP contribution is 2.43. The van der Waals surface area contributed by atoms with Crippen molar-refractivity contribution in [3.63, 3.8) is 0 Å². The zero-order valence-corrected chi connectivity index (χ0v) is 62.4. The Bertz CT molecular complexity index is 2010. The minimum atomic E-state index is -4.47. The lowest BCUT2D eigenvalue weighted by Crippen LogP contribution is -2.47. The lowest BCUT2D eigenvalue weighted by atomic mass is 10.0. The molecule has 0 bridgehead atoms. The zero-order valence-electron chi connectivity index (χ0n) is 61.5. The van der Waals surface area contributed by atoms with Gasteiger partial charge in [-0.2, -0.15) is 0 Å². The van der Waals surface area contributed by atoms with Gasteiger partial charge in [-0.15, -0.1) is 0 Å². The monoisotopic (exact) mass is 1320 g/mol. The maximum atomic E-state index is 13.7. The average Bonchev–Trinajstić information content (AvgIpc) is 2.31. The van der Waals surface area contributed by atoms with Gasteiger partial charge in [-0.1, -0.05) is 329 Å². The van der Waals surface area contributed by atoms with E-state index in [1.54, 1.807) is 0 Å². The van der Waals surface area contributed by atoms with Gasteiger partial charge in [-0.05, 0) is 122 Å². The smallest absolute Gasteiger partial charge is 0.456 e. The molecule has 9 nitrogen and oxygen atoms in total. The van der Waals surface area contributed by atoms with E-state index >= 15 is 0 Å². The van der Waals surface area contributed by atoms with E-state index in [0.717, 1.165) is 122 Å². The second-order valence-electron chi connectivity index (χ2n) is 27.1. The number of phosphoric ester groups is 1. The number of carbonyl (C=O) groups is 2. The molecule has 0 aromatic heterocycles. The number of unbranched alkanes of at least 4 members (excludes halogenated alkanes) is 36. The number of amides is 1. The quantitative estimate of drug-likeness (QED) is 0.0205. The molecule has 0 aromatic rings. The van der Waals surface area contributed by atoms with Gasteiger partial charge >= 0.3 is 13.8 Å². The second-order valence-corrected chi connectivity index (χ2v) is 28.6. The van der Waals surface area contributed by atoms with Gasteiger partial charge in [0.15, 0.2) is 0 Å². The predicted octanol–water partition coefficient (Wildman–Crippen LogP) is 25.3. The van der Waals surface area contributed by atoms with Crippen molar-refractivity contribution in [1.82, 2.24) is 5.32 Å². The maximum Gasteiger partial charge on any atom is 0.472 e. The highest BCUT2D eigenvalue weighted by molar-refractivity contribution is 7.47. The highest BCUT2D eigenvalue weighted by Gasteiger charge is 2.30. The van der Waals surface area contributed by atoms with Crippen molar-refractivity contribution in [2.24, 2.45) is 0 Å². The summed E-state index contributed by atoms with van der Waals surface area (Å²) in [6, 6.07) is -0.862. The standard InChI is InChI=1S/C83H147N2O7P/c1-7-10-13-16-19-22-25-28-30-32-34-36-38-40-42-44-46-48-50-52-54-57-60-63-66-69-72-75-82(86)84-80(79-91-93(88,89)90-78-77-85(4,5)6)81(74-71-68-65-62-59-56-27-24-21-18-15-12-9-3)92-83(87)76-73-70-67-64-61-58-55-53-51-49-47-45-43-41-39-37-35-33-31-29-26-23-20-17-14-11-8-2/h10,13,19-20,22-23,28-31,34-37,40,42,46,48,71,74,80-81H,7-9,11-12,14-18,21,24-27,32-33,38-39,41,43-45,47,49-70,72-73,75-79H2,1-6H3,(H-,84,86,88,89)/p+1/b13-10-,22-19-,23-20-,30-28-,31-29-,36-34-,37-35-,42-40-,48-46-,74-71+. The van der Waals surface area contributed by atoms with Crippen LogP contribution in [0.25, 0.3) is 0 Å². The van der Waals surface area contributed by atoms with Gasteiger partial charge < -0.3 is 19.4 Å². The topological polar surface area (TPSA) is 111 Å². The fourth-order valence-electron chi connectivity index (χ4n) is 11.0. The molecule has 0 spiro atoms. The molecule has 0 aliphatic carbocycles. The van der Waals surface area contributed by atoms with Crippen molar-refractivity contribution in [2.75, 3.05) is 40.9 Å². The lowest BCUT2D eigenvalue weighted by molar-refractivity contribution is -0.870. The Morgan fingerprint density at radius 3 is 1.05 bits per heavy atom. The molecule has 3 unspecified atom stereocenters. The van der Waals surface area contributed by atoms with Crippen LogP contribution in [-0.2, 0) is 27.9 Å². The summed E-state index contributed by atoms with van der Waals surface area (Å²) in [5.74, 6) is -0.511. The van der Waals surface area contributed by atoms with E-state index in [9.17, 15) is 19.0 Å². The largest absolute Gasteiger partial charge is 0.472 e. The number of allylic oxidation sites excluding steroid dienone is 19. The minimum absolute atomic E-state index is 0.0337. The van der Waals surface area contributed by atoms with Crippen molar-refractivity contribution in [3.05, 3.63) is 122 Å². The summed E-state index contributed by atoms with van der Waals surface area (Å²) in [4.78, 5) is 38.1. The summed E-state index contributed by atoms with van der Waals surface area (Å²) < 4.78 is 30.9. The van der Waals surface area contributed by atoms with Crippen LogP contribution in [0.2, 0.25) is 0 Å². The zero-order chi connectivity index (χ0) is 67.8. The van der Waals surface area contributed by atoms with Crippen molar-refractivity contribution < 1.29 is 37.3 Å². The van der Waals surface area contributed by atoms with E-state index in [0.29, 0.717) is 17.4 Å². The number of hydrogen-bond acceptors (Lipinski definition) is 6. The third kappa shape index (κ3) is 72.5. The van der Waals surface area contributed by atoms with Gasteiger partial charge in [-0.3, -0.25) is 18.6 Å². The van der Waals surface area contributed by atoms with Gasteiger partial charge in [0.05, 0.1) is 33.8 Å². The highest BCUT2D eigenvalue weighted by atomic mass is 31.2. The van der Waals surface area contributed by atoms with Crippen molar-refractivity contribution in [3.8, 4) is 0 Å². The van der Waals surface area contributed by atoms with Gasteiger partial charge in [0, 0.05) is 12.8 Å². The maximum absolute atomic E-state index is 13.7. The molecule has 0 aromatic carbocycles. The Labute approximate surface area is 575 Å². The van der Waals surface area contributed by atoms with Crippen LogP contribution >= 0.6 is 7.82 Å². The van der Waals surface area contributed by atoms with E-state index in [4.69, 9.17) is 13.8 Å². The van der Waals surface area contributed by atoms with Crippen LogP contribution in [0.3, 0.4) is 0 Å². The molecule has 0 fully saturated rings. The summed E-state index contributed by atoms with van der Waals surface area (Å²) >= 11 is 0. The number of nitrogens with zero attached hydrogens (tertiary/aromatic N) is 1. The number of rotatable bonds is 70. The number of nitrogens with one attached hydrogen (secondary N) is 1. The van der Waals surface area contributed by atoms with Crippen LogP contribution in [0.5, 0.6) is 0 Å². The van der Waals surface area contributed by atoms with Crippen LogP contribution in [0.4, 0.5) is 0 Å². The van der Waals surface area contributed by atoms with E-state index in [1.165, 1.54) is 186 Å². The molecule has 0 saturated carbocycles. The molecule has 3 atom stereocenters. The summed E-state index contributed by atoms with van der Waals surface area (Å²) in [7, 11) is 1.48. The summed E-state index contributed by atoms with van der Waals surface area (Å²) in [6.45, 7) is 6.89. The molecule has 0 heterocycles. The van der Waals surface area contributed by atoms with Crippen LogP contribution < -0.4 is 5.32 Å². The number of ether oxygens (including phenoxy) is 1. The Hall–Kier alpha value is -3.59. The molecule has 0 aliphatic rings. The molecule has 93 heavy (non-hydrogen) atoms. The summed E-state index contributed by atoms with van der Waals surface area (Å²) in [6.07, 6.45) is 101. The fourth-order valence-corrected chi connectivity index (χ4v) is 11.7. The number of hydrogen-bond donors (Lipinski definition) is 2. The van der Waals surface area contributed by atoms with Crippen LogP contribution in [0, 0.1) is 0 Å². The molecule has 2 N–H and O–H groups in total. The number of phosphoric acid groups is 1. The van der Waals surface area contributed by atoms with E-state index in [-0.39, 0.29) is 31.5 Å². The second kappa shape index (κ2) is 71.2. The van der Waals surface area contributed by atoms with Gasteiger partial charge in [0.25, 0.3) is 0 Å². The molecule has 0 radical (unpaired) electrons. The normalized spacial score (nSPS) is 14.1. The first-order valence-corrected chi connectivity index (χ1v) is 40.4. The molecule has 0 saturated heterocycles. The summed E-state index contributed by atoms with van der Waals surface area (Å²) in [5.41, 5.74) is 0. The number of quaternary nitrogens is 1. The van der Waals surface area contributed by atoms with Crippen LogP contribution in [0.15, 0.2) is 122 Å². The molecular formula is C83H148N2O7P+. The molecular weight excluding hydrogens is 1170 g/mol.